The Kier molecular flexibility index (Phi) is 4.99. The lowest BCUT2D eigenvalue weighted by Gasteiger charge is -2.08. The van der Waals surface area contributed by atoms with E-state index in [1.54, 1.807) is 0 Å². The second kappa shape index (κ2) is 6.73. The van der Waals surface area contributed by atoms with Gasteiger partial charge in [0.15, 0.2) is 0 Å². The molecule has 102 valence electrons. The largest absolute Gasteiger partial charge is 0.486 e. The van der Waals surface area contributed by atoms with Gasteiger partial charge in [0.2, 0.25) is 0 Å². The Hall–Kier alpha value is -1.33. The van der Waals surface area contributed by atoms with Crippen LogP contribution in [-0.4, -0.2) is 11.7 Å². The van der Waals surface area contributed by atoms with Crippen LogP contribution in [0.1, 0.15) is 23.9 Å². The van der Waals surface area contributed by atoms with Crippen molar-refractivity contribution in [1.82, 2.24) is 10.5 Å². The normalized spacial score (nSPS) is 10.7. The van der Waals surface area contributed by atoms with Crippen molar-refractivity contribution < 1.29 is 9.26 Å². The summed E-state index contributed by atoms with van der Waals surface area (Å²) in [5, 5.41) is 7.18. The van der Waals surface area contributed by atoms with Crippen LogP contribution in [0.2, 0.25) is 0 Å². The molecule has 2 rings (SSSR count). The third-order valence-electron chi connectivity index (χ3n) is 2.63. The summed E-state index contributed by atoms with van der Waals surface area (Å²) < 4.78 is 11.6. The average Bonchev–Trinajstić information content (AvgIpc) is 2.81. The number of aryl methyl sites for hydroxylation is 1. The molecule has 1 aromatic heterocycles. The van der Waals surface area contributed by atoms with Gasteiger partial charge < -0.3 is 14.6 Å². The summed E-state index contributed by atoms with van der Waals surface area (Å²) in [6, 6.07) is 7.94. The number of benzene rings is 1. The molecule has 0 bridgehead atoms. The molecule has 0 spiro atoms. The first-order valence-electron chi connectivity index (χ1n) is 6.23. The average molecular weight is 325 g/mol. The molecular formula is C14H17BrN2O2. The predicted molar refractivity (Wildman–Crippen MR) is 77.1 cm³/mol. The van der Waals surface area contributed by atoms with Gasteiger partial charge in [0, 0.05) is 12.6 Å². The molecule has 0 unspecified atom stereocenters. The van der Waals surface area contributed by atoms with Crippen LogP contribution in [0, 0.1) is 6.92 Å². The van der Waals surface area contributed by atoms with Gasteiger partial charge in [-0.25, -0.2) is 0 Å². The van der Waals surface area contributed by atoms with Gasteiger partial charge in [-0.3, -0.25) is 0 Å². The molecule has 4 nitrogen and oxygen atoms in total. The summed E-state index contributed by atoms with van der Waals surface area (Å²) >= 11 is 3.52. The molecule has 0 fully saturated rings. The van der Waals surface area contributed by atoms with Crippen LogP contribution in [0.15, 0.2) is 33.3 Å². The smallest absolute Gasteiger partial charge is 0.134 e. The Morgan fingerprint density at radius 2 is 2.21 bits per heavy atom. The molecule has 0 saturated heterocycles. The third-order valence-corrected chi connectivity index (χ3v) is 3.25. The van der Waals surface area contributed by atoms with Crippen molar-refractivity contribution in [1.29, 1.82) is 0 Å². The minimum atomic E-state index is 0.405. The third kappa shape index (κ3) is 4.08. The molecule has 0 radical (unpaired) electrons. The SMILES string of the molecule is CCNCc1ccc(OCc2cc(C)on2)c(Br)c1. The summed E-state index contributed by atoms with van der Waals surface area (Å²) in [5.74, 6) is 1.60. The zero-order chi connectivity index (χ0) is 13.7. The lowest BCUT2D eigenvalue weighted by atomic mass is 10.2. The van der Waals surface area contributed by atoms with Gasteiger partial charge in [0.25, 0.3) is 0 Å². The summed E-state index contributed by atoms with van der Waals surface area (Å²) in [7, 11) is 0. The van der Waals surface area contributed by atoms with Crippen molar-refractivity contribution in [3.63, 3.8) is 0 Å². The highest BCUT2D eigenvalue weighted by atomic mass is 79.9. The van der Waals surface area contributed by atoms with Crippen LogP contribution in [-0.2, 0) is 13.2 Å². The molecule has 2 aromatic rings. The summed E-state index contributed by atoms with van der Waals surface area (Å²) in [5.41, 5.74) is 2.01. The van der Waals surface area contributed by atoms with E-state index in [-0.39, 0.29) is 0 Å². The minimum absolute atomic E-state index is 0.405. The number of hydrogen-bond acceptors (Lipinski definition) is 4. The number of halogens is 1. The quantitative estimate of drug-likeness (QED) is 0.884. The molecule has 0 saturated carbocycles. The Bertz CT molecular complexity index is 540. The van der Waals surface area contributed by atoms with Crippen molar-refractivity contribution >= 4 is 15.9 Å². The first-order chi connectivity index (χ1) is 9.19. The maximum absolute atomic E-state index is 5.71. The van der Waals surface area contributed by atoms with Crippen LogP contribution in [0.5, 0.6) is 5.75 Å². The molecular weight excluding hydrogens is 308 g/mol. The van der Waals surface area contributed by atoms with Crippen LogP contribution in [0.25, 0.3) is 0 Å². The lowest BCUT2D eigenvalue weighted by Crippen LogP contribution is -2.11. The molecule has 1 N–H and O–H groups in total. The van der Waals surface area contributed by atoms with Gasteiger partial charge in [-0.2, -0.15) is 0 Å². The van der Waals surface area contributed by atoms with Gasteiger partial charge in [-0.15, -0.1) is 0 Å². The van der Waals surface area contributed by atoms with E-state index in [0.717, 1.165) is 34.8 Å². The number of nitrogens with zero attached hydrogens (tertiary/aromatic N) is 1. The van der Waals surface area contributed by atoms with Crippen molar-refractivity contribution in [3.8, 4) is 5.75 Å². The van der Waals surface area contributed by atoms with E-state index in [0.29, 0.717) is 6.61 Å². The Labute approximate surface area is 121 Å². The standard InChI is InChI=1S/C14H17BrN2O2/c1-3-16-8-11-4-5-14(13(15)7-11)18-9-12-6-10(2)19-17-12/h4-7,16H,3,8-9H2,1-2H3. The monoisotopic (exact) mass is 324 g/mol. The summed E-state index contributed by atoms with van der Waals surface area (Å²) in [6.45, 7) is 6.18. The first-order valence-corrected chi connectivity index (χ1v) is 7.02. The number of aromatic nitrogens is 1. The van der Waals surface area contributed by atoms with E-state index in [1.165, 1.54) is 5.56 Å². The van der Waals surface area contributed by atoms with E-state index in [9.17, 15) is 0 Å². The number of ether oxygens (including phenoxy) is 1. The second-order valence-corrected chi connectivity index (χ2v) is 5.12. The molecule has 1 aromatic carbocycles. The van der Waals surface area contributed by atoms with Crippen LogP contribution < -0.4 is 10.1 Å². The van der Waals surface area contributed by atoms with Crippen LogP contribution in [0.3, 0.4) is 0 Å². The Morgan fingerprint density at radius 1 is 1.37 bits per heavy atom. The number of nitrogens with one attached hydrogen (secondary N) is 1. The molecule has 0 aliphatic heterocycles. The fourth-order valence-electron chi connectivity index (χ4n) is 1.68. The summed E-state index contributed by atoms with van der Waals surface area (Å²) in [4.78, 5) is 0. The molecule has 0 atom stereocenters. The maximum Gasteiger partial charge on any atom is 0.134 e. The van der Waals surface area contributed by atoms with Crippen LogP contribution >= 0.6 is 15.9 Å². The van der Waals surface area contributed by atoms with E-state index < -0.39 is 0 Å². The van der Waals surface area contributed by atoms with E-state index in [1.807, 2.05) is 19.1 Å². The highest BCUT2D eigenvalue weighted by Gasteiger charge is 2.05. The molecule has 1 heterocycles. The lowest BCUT2D eigenvalue weighted by molar-refractivity contribution is 0.286. The molecule has 0 aliphatic rings. The molecule has 0 aliphatic carbocycles. The van der Waals surface area contributed by atoms with Crippen molar-refractivity contribution in [2.24, 2.45) is 0 Å². The Balaban J connectivity index is 1.96. The minimum Gasteiger partial charge on any atom is -0.486 e. The number of rotatable bonds is 6. The topological polar surface area (TPSA) is 47.3 Å². The zero-order valence-corrected chi connectivity index (χ0v) is 12.7. The van der Waals surface area contributed by atoms with Crippen molar-refractivity contribution in [2.45, 2.75) is 27.0 Å². The van der Waals surface area contributed by atoms with E-state index >= 15 is 0 Å². The highest BCUT2D eigenvalue weighted by Crippen LogP contribution is 2.26. The van der Waals surface area contributed by atoms with E-state index in [4.69, 9.17) is 9.26 Å². The fourth-order valence-corrected chi connectivity index (χ4v) is 2.22. The van der Waals surface area contributed by atoms with E-state index in [2.05, 4.69) is 45.5 Å². The Morgan fingerprint density at radius 3 is 2.84 bits per heavy atom. The molecule has 19 heavy (non-hydrogen) atoms. The molecule has 0 amide bonds. The van der Waals surface area contributed by atoms with Gasteiger partial charge in [-0.1, -0.05) is 18.1 Å². The second-order valence-electron chi connectivity index (χ2n) is 4.26. The highest BCUT2D eigenvalue weighted by molar-refractivity contribution is 9.10. The predicted octanol–water partition coefficient (Wildman–Crippen LogP) is 3.43. The van der Waals surface area contributed by atoms with Gasteiger partial charge >= 0.3 is 0 Å². The van der Waals surface area contributed by atoms with Gasteiger partial charge in [0.05, 0.1) is 4.47 Å². The van der Waals surface area contributed by atoms with Crippen molar-refractivity contribution in [3.05, 3.63) is 45.8 Å². The van der Waals surface area contributed by atoms with Crippen molar-refractivity contribution in [2.75, 3.05) is 6.54 Å². The zero-order valence-electron chi connectivity index (χ0n) is 11.1. The molecule has 5 heteroatoms. The van der Waals surface area contributed by atoms with Gasteiger partial charge in [0.1, 0.15) is 23.8 Å². The van der Waals surface area contributed by atoms with Crippen LogP contribution in [0.4, 0.5) is 0 Å². The maximum atomic E-state index is 5.71. The first kappa shape index (κ1) is 14.1. The van der Waals surface area contributed by atoms with Gasteiger partial charge in [-0.05, 0) is 47.1 Å². The fraction of sp³-hybridized carbons (Fsp3) is 0.357. The summed E-state index contributed by atoms with van der Waals surface area (Å²) in [6.07, 6.45) is 0. The number of hydrogen-bond donors (Lipinski definition) is 1.